The van der Waals surface area contributed by atoms with Gasteiger partial charge in [-0.2, -0.15) is 0 Å². The number of nitrogens with zero attached hydrogens (tertiary/aromatic N) is 1. The largest absolute Gasteiger partial charge is 0.486 e. The number of thiophene rings is 1. The first-order valence-electron chi connectivity index (χ1n) is 6.06. The van der Waals surface area contributed by atoms with Crippen LogP contribution in [0.25, 0.3) is 0 Å². The lowest BCUT2D eigenvalue weighted by molar-refractivity contribution is 0.0944. The average molecular weight is 270 g/mol. The van der Waals surface area contributed by atoms with Crippen LogP contribution in [0.3, 0.4) is 0 Å². The SMILES string of the molecule is CC(C)Oc1c(N(C)C)sc(C(=O)C(C)C)c1N. The Balaban J connectivity index is 3.27. The monoisotopic (exact) mass is 270 g/mol. The van der Waals surface area contributed by atoms with Crippen LogP contribution in [0.2, 0.25) is 0 Å². The van der Waals surface area contributed by atoms with Crippen LogP contribution in [-0.4, -0.2) is 26.0 Å². The van der Waals surface area contributed by atoms with Gasteiger partial charge in [-0.05, 0) is 13.8 Å². The highest BCUT2D eigenvalue weighted by atomic mass is 32.1. The number of ether oxygens (including phenoxy) is 1. The quantitative estimate of drug-likeness (QED) is 0.836. The topological polar surface area (TPSA) is 55.6 Å². The fourth-order valence-electron chi connectivity index (χ4n) is 1.51. The number of ketones is 1. The molecule has 0 spiro atoms. The summed E-state index contributed by atoms with van der Waals surface area (Å²) in [6.07, 6.45) is 0.0302. The second-order valence-electron chi connectivity index (χ2n) is 5.06. The van der Waals surface area contributed by atoms with Gasteiger partial charge in [0, 0.05) is 20.0 Å². The summed E-state index contributed by atoms with van der Waals surface area (Å²) in [5, 5.41) is 0.894. The second-order valence-corrected chi connectivity index (χ2v) is 6.06. The molecular weight excluding hydrogens is 248 g/mol. The minimum Gasteiger partial charge on any atom is -0.486 e. The van der Waals surface area contributed by atoms with Crippen molar-refractivity contribution in [1.29, 1.82) is 0 Å². The van der Waals surface area contributed by atoms with Crippen molar-refractivity contribution < 1.29 is 9.53 Å². The van der Waals surface area contributed by atoms with Crippen molar-refractivity contribution in [2.75, 3.05) is 24.7 Å². The summed E-state index contributed by atoms with van der Waals surface area (Å²) in [7, 11) is 3.84. The third kappa shape index (κ3) is 2.96. The highest BCUT2D eigenvalue weighted by Crippen LogP contribution is 2.45. The Labute approximate surface area is 113 Å². The summed E-state index contributed by atoms with van der Waals surface area (Å²) in [5.41, 5.74) is 6.54. The molecule has 4 nitrogen and oxygen atoms in total. The van der Waals surface area contributed by atoms with E-state index in [1.165, 1.54) is 11.3 Å². The Kier molecular flexibility index (Phi) is 4.62. The maximum Gasteiger partial charge on any atom is 0.177 e. The molecule has 102 valence electrons. The number of anilines is 2. The molecule has 1 aromatic heterocycles. The molecule has 1 rings (SSSR count). The Morgan fingerprint density at radius 1 is 1.28 bits per heavy atom. The van der Waals surface area contributed by atoms with Gasteiger partial charge in [0.15, 0.2) is 11.5 Å². The van der Waals surface area contributed by atoms with E-state index < -0.39 is 0 Å². The highest BCUT2D eigenvalue weighted by Gasteiger charge is 2.25. The van der Waals surface area contributed by atoms with Crippen LogP contribution in [0.4, 0.5) is 10.7 Å². The number of hydrogen-bond donors (Lipinski definition) is 1. The standard InChI is InChI=1S/C13H22N2O2S/c1-7(2)10(16)12-9(14)11(17-8(3)4)13(18-12)15(5)6/h7-8H,14H2,1-6H3. The Morgan fingerprint density at radius 2 is 1.83 bits per heavy atom. The van der Waals surface area contributed by atoms with Crippen LogP contribution in [0.1, 0.15) is 37.4 Å². The smallest absolute Gasteiger partial charge is 0.177 e. The molecular formula is C13H22N2O2S. The van der Waals surface area contributed by atoms with Gasteiger partial charge in [0.25, 0.3) is 0 Å². The summed E-state index contributed by atoms with van der Waals surface area (Å²) < 4.78 is 5.74. The molecule has 0 aliphatic rings. The molecule has 0 bridgehead atoms. The minimum atomic E-state index is -0.0622. The van der Waals surface area contributed by atoms with Gasteiger partial charge in [-0.1, -0.05) is 13.8 Å². The third-order valence-electron chi connectivity index (χ3n) is 2.39. The van der Waals surface area contributed by atoms with E-state index in [0.29, 0.717) is 16.3 Å². The zero-order valence-corrected chi connectivity index (χ0v) is 12.7. The lowest BCUT2D eigenvalue weighted by Crippen LogP contribution is -2.12. The predicted octanol–water partition coefficient (Wildman–Crippen LogP) is 3.02. The molecule has 2 N–H and O–H groups in total. The molecule has 0 unspecified atom stereocenters. The molecule has 0 saturated heterocycles. The van der Waals surface area contributed by atoms with E-state index in [-0.39, 0.29) is 17.8 Å². The Morgan fingerprint density at radius 3 is 2.22 bits per heavy atom. The molecule has 0 aliphatic carbocycles. The molecule has 0 radical (unpaired) electrons. The van der Waals surface area contributed by atoms with E-state index in [0.717, 1.165) is 5.00 Å². The number of rotatable bonds is 5. The summed E-state index contributed by atoms with van der Waals surface area (Å²) in [5.74, 6) is 0.635. The summed E-state index contributed by atoms with van der Waals surface area (Å²) in [6, 6.07) is 0. The van der Waals surface area contributed by atoms with E-state index in [1.807, 2.05) is 46.7 Å². The lowest BCUT2D eigenvalue weighted by Gasteiger charge is -2.15. The maximum absolute atomic E-state index is 12.1. The van der Waals surface area contributed by atoms with Crippen LogP contribution in [-0.2, 0) is 0 Å². The van der Waals surface area contributed by atoms with Gasteiger partial charge in [0.1, 0.15) is 5.00 Å². The molecule has 0 saturated carbocycles. The number of Topliss-reactive ketones (excluding diaryl/α,β-unsaturated/α-hetero) is 1. The Hall–Kier alpha value is -1.23. The number of nitrogen functional groups attached to an aromatic ring is 1. The van der Waals surface area contributed by atoms with E-state index in [1.54, 1.807) is 0 Å². The fourth-order valence-corrected chi connectivity index (χ4v) is 2.67. The number of carbonyl (C=O) groups is 1. The first-order chi connectivity index (χ1) is 8.25. The van der Waals surface area contributed by atoms with E-state index in [2.05, 4.69) is 0 Å². The van der Waals surface area contributed by atoms with Crippen LogP contribution < -0.4 is 15.4 Å². The van der Waals surface area contributed by atoms with Gasteiger partial charge in [-0.3, -0.25) is 4.79 Å². The van der Waals surface area contributed by atoms with Gasteiger partial charge < -0.3 is 15.4 Å². The zero-order valence-electron chi connectivity index (χ0n) is 11.9. The summed E-state index contributed by atoms with van der Waals surface area (Å²) >= 11 is 1.40. The molecule has 5 heteroatoms. The average Bonchev–Trinajstić information content (AvgIpc) is 2.55. The van der Waals surface area contributed by atoms with Crippen molar-refractivity contribution >= 4 is 27.8 Å². The number of hydrogen-bond acceptors (Lipinski definition) is 5. The van der Waals surface area contributed by atoms with E-state index >= 15 is 0 Å². The zero-order chi connectivity index (χ0) is 14.0. The molecule has 0 aliphatic heterocycles. The van der Waals surface area contributed by atoms with Crippen molar-refractivity contribution in [2.45, 2.75) is 33.8 Å². The first kappa shape index (κ1) is 14.8. The molecule has 1 heterocycles. The fraction of sp³-hybridized carbons (Fsp3) is 0.615. The summed E-state index contributed by atoms with van der Waals surface area (Å²) in [4.78, 5) is 14.6. The van der Waals surface area contributed by atoms with Crippen LogP contribution in [0.15, 0.2) is 0 Å². The number of carbonyl (C=O) groups excluding carboxylic acids is 1. The lowest BCUT2D eigenvalue weighted by atomic mass is 10.1. The molecule has 0 amide bonds. The second kappa shape index (κ2) is 5.61. The molecule has 1 aromatic rings. The van der Waals surface area contributed by atoms with Gasteiger partial charge >= 0.3 is 0 Å². The van der Waals surface area contributed by atoms with Gasteiger partial charge in [0.2, 0.25) is 0 Å². The van der Waals surface area contributed by atoms with Crippen molar-refractivity contribution in [2.24, 2.45) is 5.92 Å². The van der Waals surface area contributed by atoms with Crippen molar-refractivity contribution in [1.82, 2.24) is 0 Å². The maximum atomic E-state index is 12.1. The van der Waals surface area contributed by atoms with Gasteiger partial charge in [0.05, 0.1) is 16.7 Å². The van der Waals surface area contributed by atoms with Crippen molar-refractivity contribution in [3.8, 4) is 5.75 Å². The van der Waals surface area contributed by atoms with Crippen molar-refractivity contribution in [3.63, 3.8) is 0 Å². The van der Waals surface area contributed by atoms with Gasteiger partial charge in [-0.25, -0.2) is 0 Å². The van der Waals surface area contributed by atoms with E-state index in [9.17, 15) is 4.79 Å². The van der Waals surface area contributed by atoms with Crippen LogP contribution in [0, 0.1) is 5.92 Å². The predicted molar refractivity (Wildman–Crippen MR) is 78.0 cm³/mol. The summed E-state index contributed by atoms with van der Waals surface area (Å²) in [6.45, 7) is 7.64. The normalized spacial score (nSPS) is 11.1. The van der Waals surface area contributed by atoms with Crippen molar-refractivity contribution in [3.05, 3.63) is 4.88 Å². The Bertz CT molecular complexity index is 436. The van der Waals surface area contributed by atoms with Gasteiger partial charge in [-0.15, -0.1) is 11.3 Å². The van der Waals surface area contributed by atoms with Crippen LogP contribution in [0.5, 0.6) is 5.75 Å². The van der Waals surface area contributed by atoms with E-state index in [4.69, 9.17) is 10.5 Å². The highest BCUT2D eigenvalue weighted by molar-refractivity contribution is 7.19. The third-order valence-corrected chi connectivity index (χ3v) is 3.76. The first-order valence-corrected chi connectivity index (χ1v) is 6.87. The molecule has 0 atom stereocenters. The molecule has 18 heavy (non-hydrogen) atoms. The molecule has 0 fully saturated rings. The molecule has 0 aromatic carbocycles. The minimum absolute atomic E-state index is 0.0302. The van der Waals surface area contributed by atoms with Crippen LogP contribution >= 0.6 is 11.3 Å². The number of nitrogens with two attached hydrogens (primary N) is 1.